The third-order valence-electron chi connectivity index (χ3n) is 3.04. The van der Waals surface area contributed by atoms with Gasteiger partial charge in [0.2, 0.25) is 5.91 Å². The van der Waals surface area contributed by atoms with Gasteiger partial charge in [-0.3, -0.25) is 14.9 Å². The van der Waals surface area contributed by atoms with Crippen LogP contribution in [0.2, 0.25) is 0 Å². The van der Waals surface area contributed by atoms with Crippen molar-refractivity contribution >= 4 is 23.3 Å². The molecule has 8 heteroatoms. The van der Waals surface area contributed by atoms with Gasteiger partial charge in [-0.25, -0.2) is 4.79 Å². The van der Waals surface area contributed by atoms with Crippen molar-refractivity contribution in [1.82, 2.24) is 0 Å². The Kier molecular flexibility index (Phi) is 4.55. The van der Waals surface area contributed by atoms with Crippen molar-refractivity contribution in [2.45, 2.75) is 6.42 Å². The number of nitrogens with one attached hydrogen (secondary N) is 1. The molecule has 0 fully saturated rings. The molecule has 23 heavy (non-hydrogen) atoms. The number of nitrogens with zero attached hydrogens (tertiary/aromatic N) is 1. The molecule has 2 rings (SSSR count). The highest BCUT2D eigenvalue weighted by Crippen LogP contribution is 2.23. The van der Waals surface area contributed by atoms with E-state index in [9.17, 15) is 24.8 Å². The molecule has 0 aromatic heterocycles. The number of nitro groups is 1. The van der Waals surface area contributed by atoms with Gasteiger partial charge in [0, 0.05) is 17.3 Å². The average molecular weight is 315 g/mol. The predicted molar refractivity (Wildman–Crippen MR) is 78.3 cm³/mol. The lowest BCUT2D eigenvalue weighted by molar-refractivity contribution is -0.385. The van der Waals surface area contributed by atoms with E-state index in [1.807, 2.05) is 0 Å². The Morgan fingerprint density at radius 3 is 2.48 bits per heavy atom. The minimum Gasteiger partial charge on any atom is -0.871 e. The van der Waals surface area contributed by atoms with Crippen LogP contribution in [0, 0.1) is 10.1 Å². The Hall–Kier alpha value is -3.42. The molecule has 0 bridgehead atoms. The Bertz CT molecular complexity index is 787. The lowest BCUT2D eigenvalue weighted by atomic mass is 10.1. The fraction of sp³-hybridized carbons (Fsp3) is 0.0667. The maximum atomic E-state index is 11.9. The summed E-state index contributed by atoms with van der Waals surface area (Å²) in [7, 11) is 0. The van der Waals surface area contributed by atoms with E-state index < -0.39 is 22.5 Å². The van der Waals surface area contributed by atoms with Gasteiger partial charge in [-0.15, -0.1) is 0 Å². The van der Waals surface area contributed by atoms with Crippen LogP contribution in [0.25, 0.3) is 0 Å². The molecular formula is C15H11N2O6-. The third kappa shape index (κ3) is 3.82. The molecule has 0 radical (unpaired) electrons. The van der Waals surface area contributed by atoms with Crippen LogP contribution in [0.5, 0.6) is 5.75 Å². The van der Waals surface area contributed by atoms with Gasteiger partial charge in [0.25, 0.3) is 5.69 Å². The van der Waals surface area contributed by atoms with Crippen LogP contribution in [0.4, 0.5) is 11.4 Å². The topological polar surface area (TPSA) is 133 Å². The van der Waals surface area contributed by atoms with Crippen LogP contribution in [0.3, 0.4) is 0 Å². The molecule has 8 nitrogen and oxygen atoms in total. The largest absolute Gasteiger partial charge is 0.871 e. The summed E-state index contributed by atoms with van der Waals surface area (Å²) in [5.74, 6) is -2.51. The van der Waals surface area contributed by atoms with Crippen LogP contribution in [0.1, 0.15) is 15.9 Å². The van der Waals surface area contributed by atoms with Gasteiger partial charge in [0.05, 0.1) is 16.9 Å². The molecule has 1 amide bonds. The molecule has 2 aromatic rings. The van der Waals surface area contributed by atoms with Gasteiger partial charge in [0.1, 0.15) is 0 Å². The fourth-order valence-electron chi connectivity index (χ4n) is 1.96. The van der Waals surface area contributed by atoms with E-state index in [1.165, 1.54) is 30.3 Å². The zero-order chi connectivity index (χ0) is 17.0. The summed E-state index contributed by atoms with van der Waals surface area (Å²) in [6.07, 6.45) is -0.280. The second-order valence-corrected chi connectivity index (χ2v) is 4.63. The Morgan fingerprint density at radius 1 is 1.17 bits per heavy atom. The molecule has 0 aliphatic carbocycles. The number of nitro benzene ring substituents is 1. The van der Waals surface area contributed by atoms with Crippen molar-refractivity contribution in [3.8, 4) is 5.75 Å². The molecule has 118 valence electrons. The lowest BCUT2D eigenvalue weighted by Gasteiger charge is -2.15. The number of carbonyl (C=O) groups is 2. The van der Waals surface area contributed by atoms with E-state index in [4.69, 9.17) is 5.11 Å². The molecule has 0 atom stereocenters. The number of rotatable bonds is 5. The molecule has 2 N–H and O–H groups in total. The number of benzene rings is 2. The van der Waals surface area contributed by atoms with Crippen LogP contribution in [-0.4, -0.2) is 21.9 Å². The normalized spacial score (nSPS) is 10.1. The first-order chi connectivity index (χ1) is 10.9. The van der Waals surface area contributed by atoms with E-state index in [0.717, 1.165) is 6.07 Å². The Morgan fingerprint density at radius 2 is 1.87 bits per heavy atom. The number of carboxylic acid groups (broad SMARTS) is 1. The van der Waals surface area contributed by atoms with Crippen molar-refractivity contribution in [1.29, 1.82) is 0 Å². The highest BCUT2D eigenvalue weighted by molar-refractivity contribution is 5.95. The number of amides is 1. The maximum Gasteiger partial charge on any atom is 0.335 e. The summed E-state index contributed by atoms with van der Waals surface area (Å²) >= 11 is 0. The van der Waals surface area contributed by atoms with E-state index in [-0.39, 0.29) is 28.9 Å². The number of hydrogen-bond donors (Lipinski definition) is 2. The van der Waals surface area contributed by atoms with Crippen molar-refractivity contribution < 1.29 is 24.7 Å². The lowest BCUT2D eigenvalue weighted by Crippen LogP contribution is -2.16. The van der Waals surface area contributed by atoms with Crippen LogP contribution in [0.15, 0.2) is 42.5 Å². The molecule has 0 saturated heterocycles. The van der Waals surface area contributed by atoms with Gasteiger partial charge < -0.3 is 15.5 Å². The van der Waals surface area contributed by atoms with E-state index in [2.05, 4.69) is 5.32 Å². The van der Waals surface area contributed by atoms with Crippen molar-refractivity contribution in [3.63, 3.8) is 0 Å². The van der Waals surface area contributed by atoms with Gasteiger partial charge in [-0.05, 0) is 12.1 Å². The van der Waals surface area contributed by atoms with Crippen molar-refractivity contribution in [2.75, 3.05) is 5.32 Å². The highest BCUT2D eigenvalue weighted by atomic mass is 16.6. The average Bonchev–Trinajstić information content (AvgIpc) is 2.49. The number of hydrogen-bond acceptors (Lipinski definition) is 5. The summed E-state index contributed by atoms with van der Waals surface area (Å²) in [5, 5.41) is 33.7. The first-order valence-corrected chi connectivity index (χ1v) is 6.45. The summed E-state index contributed by atoms with van der Waals surface area (Å²) in [6, 6.07) is 9.04. The molecule has 2 aromatic carbocycles. The number of aromatic carboxylic acids is 1. The summed E-state index contributed by atoms with van der Waals surface area (Å²) in [5.41, 5.74) is -0.249. The van der Waals surface area contributed by atoms with E-state index in [1.54, 1.807) is 6.07 Å². The first-order valence-electron chi connectivity index (χ1n) is 6.45. The van der Waals surface area contributed by atoms with Gasteiger partial charge in [0.15, 0.2) is 0 Å². The number of para-hydroxylation sites is 1. The SMILES string of the molecule is O=C(Cc1ccccc1[N+](=O)[O-])Nc1ccc(C(=O)O)cc1[O-]. The maximum absolute atomic E-state index is 11.9. The quantitative estimate of drug-likeness (QED) is 0.635. The Labute approximate surface area is 130 Å². The molecule has 0 spiro atoms. The van der Waals surface area contributed by atoms with E-state index >= 15 is 0 Å². The summed E-state index contributed by atoms with van der Waals surface area (Å²) < 4.78 is 0. The van der Waals surface area contributed by atoms with Gasteiger partial charge >= 0.3 is 5.97 Å². The smallest absolute Gasteiger partial charge is 0.335 e. The third-order valence-corrected chi connectivity index (χ3v) is 3.04. The number of carbonyl (C=O) groups excluding carboxylic acids is 1. The van der Waals surface area contributed by atoms with Crippen LogP contribution in [-0.2, 0) is 11.2 Å². The molecule has 0 heterocycles. The summed E-state index contributed by atoms with van der Waals surface area (Å²) in [4.78, 5) is 33.0. The minimum absolute atomic E-state index is 0.0846. The molecular weight excluding hydrogens is 304 g/mol. The second kappa shape index (κ2) is 6.56. The monoisotopic (exact) mass is 315 g/mol. The van der Waals surface area contributed by atoms with Crippen LogP contribution >= 0.6 is 0 Å². The number of carboxylic acids is 1. The zero-order valence-electron chi connectivity index (χ0n) is 11.7. The summed E-state index contributed by atoms with van der Waals surface area (Å²) in [6.45, 7) is 0. The second-order valence-electron chi connectivity index (χ2n) is 4.63. The molecule has 0 unspecified atom stereocenters. The van der Waals surface area contributed by atoms with Gasteiger partial charge in [-0.1, -0.05) is 30.0 Å². The predicted octanol–water partition coefficient (Wildman–Crippen LogP) is 1.55. The molecule has 0 aliphatic rings. The number of anilines is 1. The van der Waals surface area contributed by atoms with Crippen molar-refractivity contribution in [3.05, 3.63) is 63.7 Å². The first kappa shape index (κ1) is 16.0. The standard InChI is InChI=1S/C15H12N2O6/c18-13-7-10(15(20)21)5-6-11(13)16-14(19)8-9-3-1-2-4-12(9)17(22)23/h1-7,18H,8H2,(H,16,19)(H,20,21)/p-1. The fourth-order valence-corrected chi connectivity index (χ4v) is 1.96. The van der Waals surface area contributed by atoms with Crippen molar-refractivity contribution in [2.24, 2.45) is 0 Å². The minimum atomic E-state index is -1.25. The van der Waals surface area contributed by atoms with Gasteiger partial charge in [-0.2, -0.15) is 0 Å². The van der Waals surface area contributed by atoms with E-state index in [0.29, 0.717) is 0 Å². The highest BCUT2D eigenvalue weighted by Gasteiger charge is 2.15. The zero-order valence-corrected chi connectivity index (χ0v) is 11.7. The molecule has 0 aliphatic heterocycles. The Balaban J connectivity index is 2.15. The van der Waals surface area contributed by atoms with Crippen LogP contribution < -0.4 is 10.4 Å². The molecule has 0 saturated carbocycles.